The lowest BCUT2D eigenvalue weighted by Crippen LogP contribution is -2.06. The van der Waals surface area contributed by atoms with Gasteiger partial charge in [0.2, 0.25) is 5.95 Å². The number of para-hydroxylation sites is 2. The van der Waals surface area contributed by atoms with Gasteiger partial charge in [-0.15, -0.1) is 11.3 Å². The lowest BCUT2D eigenvalue weighted by Gasteiger charge is -2.13. The fourth-order valence-corrected chi connectivity index (χ4v) is 7.56. The van der Waals surface area contributed by atoms with Gasteiger partial charge < -0.3 is 0 Å². The molecule has 0 N–H and O–H groups in total. The van der Waals surface area contributed by atoms with Crippen LogP contribution in [0.25, 0.3) is 93.1 Å². The molecule has 3 aromatic heterocycles. The molecule has 214 valence electrons. The van der Waals surface area contributed by atoms with Crippen LogP contribution in [-0.2, 0) is 0 Å². The Hall–Kier alpha value is -5.98. The third kappa shape index (κ3) is 3.74. The topological polar surface area (TPSA) is 56.5 Å². The Morgan fingerprint density at radius 1 is 0.435 bits per heavy atom. The van der Waals surface area contributed by atoms with Crippen molar-refractivity contribution in [2.75, 3.05) is 0 Å². The molecule has 0 bridgehead atoms. The van der Waals surface area contributed by atoms with Crippen LogP contribution in [0.5, 0.6) is 0 Å². The van der Waals surface area contributed by atoms with Gasteiger partial charge in [0.15, 0.2) is 11.6 Å². The molecule has 0 saturated heterocycles. The number of aromatic nitrogens is 5. The second-order valence-corrected chi connectivity index (χ2v) is 12.4. The van der Waals surface area contributed by atoms with Crippen molar-refractivity contribution >= 4 is 75.7 Å². The van der Waals surface area contributed by atoms with Gasteiger partial charge in [-0.3, -0.25) is 4.57 Å². The van der Waals surface area contributed by atoms with Crippen LogP contribution >= 0.6 is 11.3 Å². The van der Waals surface area contributed by atoms with E-state index in [1.807, 2.05) is 5.51 Å². The summed E-state index contributed by atoms with van der Waals surface area (Å²) in [5, 5.41) is 9.66. The van der Waals surface area contributed by atoms with Crippen LogP contribution in [-0.4, -0.2) is 24.5 Å². The van der Waals surface area contributed by atoms with Crippen molar-refractivity contribution in [2.24, 2.45) is 0 Å². The van der Waals surface area contributed by atoms with E-state index in [4.69, 9.17) is 15.0 Å². The van der Waals surface area contributed by atoms with E-state index in [0.29, 0.717) is 17.6 Å². The highest BCUT2D eigenvalue weighted by molar-refractivity contribution is 7.16. The van der Waals surface area contributed by atoms with E-state index in [1.165, 1.54) is 32.3 Å². The van der Waals surface area contributed by atoms with E-state index in [2.05, 4.69) is 143 Å². The van der Waals surface area contributed by atoms with Crippen molar-refractivity contribution in [3.63, 3.8) is 0 Å². The standard InChI is InChI=1S/C40H23N5S/c1-2-11-28-26(9-1)27-10-3-4-12-29(27)33-21-24(17-19-30(28)33)38-42-39(25-18-20-37-34(22-25)41-23-46-37)44-40(43-38)45-35-15-7-5-13-31(35)32-14-6-8-16-36(32)45/h1-23H. The summed E-state index contributed by atoms with van der Waals surface area (Å²) in [6.45, 7) is 0. The SMILES string of the molecule is c1ccc2c(c1)c1ccccc1c1cc(-c3nc(-c4ccc5scnc5c4)nc(-n4c5ccccc5c5ccccc54)n3)ccc21. The number of benzene rings is 7. The molecule has 0 unspecified atom stereocenters. The molecule has 0 radical (unpaired) electrons. The van der Waals surface area contributed by atoms with Crippen molar-refractivity contribution in [3.05, 3.63) is 139 Å². The molecule has 5 nitrogen and oxygen atoms in total. The summed E-state index contributed by atoms with van der Waals surface area (Å²) in [5.41, 5.74) is 6.76. The first-order valence-corrected chi connectivity index (χ1v) is 16.1. The smallest absolute Gasteiger partial charge is 0.238 e. The summed E-state index contributed by atoms with van der Waals surface area (Å²) in [6.07, 6.45) is 0. The van der Waals surface area contributed by atoms with Crippen LogP contribution in [0, 0.1) is 0 Å². The normalized spacial score (nSPS) is 11.9. The maximum atomic E-state index is 5.20. The van der Waals surface area contributed by atoms with Crippen LogP contribution in [0.3, 0.4) is 0 Å². The fourth-order valence-electron chi connectivity index (χ4n) is 6.90. The van der Waals surface area contributed by atoms with Crippen molar-refractivity contribution in [1.82, 2.24) is 24.5 Å². The molecule has 0 saturated carbocycles. The third-order valence-electron chi connectivity index (χ3n) is 8.99. The zero-order chi connectivity index (χ0) is 30.2. The summed E-state index contributed by atoms with van der Waals surface area (Å²) in [4.78, 5) is 20.0. The molecule has 3 heterocycles. The third-order valence-corrected chi connectivity index (χ3v) is 9.80. The maximum Gasteiger partial charge on any atom is 0.238 e. The van der Waals surface area contributed by atoms with Crippen LogP contribution < -0.4 is 0 Å². The van der Waals surface area contributed by atoms with Crippen molar-refractivity contribution in [3.8, 4) is 28.7 Å². The largest absolute Gasteiger partial charge is 0.278 e. The quantitative estimate of drug-likeness (QED) is 0.188. The summed E-state index contributed by atoms with van der Waals surface area (Å²) < 4.78 is 3.29. The van der Waals surface area contributed by atoms with Gasteiger partial charge in [0, 0.05) is 21.9 Å². The van der Waals surface area contributed by atoms with Gasteiger partial charge in [0.25, 0.3) is 0 Å². The predicted molar refractivity (Wildman–Crippen MR) is 191 cm³/mol. The van der Waals surface area contributed by atoms with Gasteiger partial charge in [0.05, 0.1) is 26.8 Å². The second-order valence-electron chi connectivity index (χ2n) is 11.5. The molecular weight excluding hydrogens is 583 g/mol. The Bertz CT molecular complexity index is 2740. The molecule has 0 aliphatic heterocycles. The number of hydrogen-bond donors (Lipinski definition) is 0. The summed E-state index contributed by atoms with van der Waals surface area (Å²) in [5.74, 6) is 1.82. The maximum absolute atomic E-state index is 5.20. The minimum Gasteiger partial charge on any atom is -0.278 e. The molecular formula is C40H23N5S. The van der Waals surface area contributed by atoms with Crippen molar-refractivity contribution in [2.45, 2.75) is 0 Å². The highest BCUT2D eigenvalue weighted by atomic mass is 32.1. The molecule has 46 heavy (non-hydrogen) atoms. The number of thiazole rings is 1. The second kappa shape index (κ2) is 9.76. The fraction of sp³-hybridized carbons (Fsp3) is 0. The van der Waals surface area contributed by atoms with E-state index >= 15 is 0 Å². The monoisotopic (exact) mass is 605 g/mol. The number of fused-ring (bicyclic) bond motifs is 10. The van der Waals surface area contributed by atoms with Crippen LogP contribution in [0.1, 0.15) is 0 Å². The minimum atomic E-state index is 0.583. The Morgan fingerprint density at radius 3 is 1.57 bits per heavy atom. The predicted octanol–water partition coefficient (Wildman–Crippen LogP) is 10.4. The molecule has 10 aromatic rings. The van der Waals surface area contributed by atoms with E-state index in [1.54, 1.807) is 11.3 Å². The van der Waals surface area contributed by atoms with Crippen LogP contribution in [0.4, 0.5) is 0 Å². The first-order valence-electron chi connectivity index (χ1n) is 15.2. The van der Waals surface area contributed by atoms with Crippen molar-refractivity contribution in [1.29, 1.82) is 0 Å². The highest BCUT2D eigenvalue weighted by Gasteiger charge is 2.18. The summed E-state index contributed by atoms with van der Waals surface area (Å²) in [6, 6.07) is 47.0. The molecule has 0 spiro atoms. The summed E-state index contributed by atoms with van der Waals surface area (Å²) in [7, 11) is 0. The molecule has 0 amide bonds. The Kier molecular flexibility index (Phi) is 5.38. The lowest BCUT2D eigenvalue weighted by molar-refractivity contribution is 0.954. The first kappa shape index (κ1) is 25.4. The molecule has 7 aromatic carbocycles. The molecule has 0 aliphatic rings. The van der Waals surface area contributed by atoms with Gasteiger partial charge in [-0.25, -0.2) is 9.97 Å². The Labute approximate surface area is 267 Å². The molecule has 0 aliphatic carbocycles. The van der Waals surface area contributed by atoms with Crippen molar-refractivity contribution < 1.29 is 0 Å². The molecule has 10 rings (SSSR count). The van der Waals surface area contributed by atoms with E-state index in [0.717, 1.165) is 43.1 Å². The Balaban J connectivity index is 1.28. The molecule has 0 fully saturated rings. The van der Waals surface area contributed by atoms with Gasteiger partial charge in [0.1, 0.15) is 0 Å². The van der Waals surface area contributed by atoms with E-state index in [9.17, 15) is 0 Å². The number of nitrogens with zero attached hydrogens (tertiary/aromatic N) is 5. The van der Waals surface area contributed by atoms with E-state index in [-0.39, 0.29) is 0 Å². The van der Waals surface area contributed by atoms with Gasteiger partial charge in [-0.1, -0.05) is 97.1 Å². The molecule has 6 heteroatoms. The average Bonchev–Trinajstić information content (AvgIpc) is 3.74. The van der Waals surface area contributed by atoms with Gasteiger partial charge in [-0.05, 0) is 68.7 Å². The zero-order valence-corrected chi connectivity index (χ0v) is 25.2. The van der Waals surface area contributed by atoms with Gasteiger partial charge >= 0.3 is 0 Å². The van der Waals surface area contributed by atoms with E-state index < -0.39 is 0 Å². The minimum absolute atomic E-state index is 0.583. The zero-order valence-electron chi connectivity index (χ0n) is 24.4. The van der Waals surface area contributed by atoms with Gasteiger partial charge in [-0.2, -0.15) is 9.97 Å². The van der Waals surface area contributed by atoms with Crippen LogP contribution in [0.2, 0.25) is 0 Å². The van der Waals surface area contributed by atoms with Crippen LogP contribution in [0.15, 0.2) is 139 Å². The average molecular weight is 606 g/mol. The number of hydrogen-bond acceptors (Lipinski definition) is 5. The summed E-state index contributed by atoms with van der Waals surface area (Å²) >= 11 is 1.63. The number of rotatable bonds is 3. The lowest BCUT2D eigenvalue weighted by atomic mass is 9.93. The first-order chi connectivity index (χ1) is 22.8. The highest BCUT2D eigenvalue weighted by Crippen LogP contribution is 2.38. The molecule has 0 atom stereocenters. The Morgan fingerprint density at radius 2 is 0.935 bits per heavy atom.